The highest BCUT2D eigenvalue weighted by Crippen LogP contribution is 2.32. The molecule has 2 aromatic rings. The van der Waals surface area contributed by atoms with E-state index in [9.17, 15) is 9.90 Å². The molecule has 1 unspecified atom stereocenters. The van der Waals surface area contributed by atoms with E-state index in [-0.39, 0.29) is 5.91 Å². The molecule has 6 heteroatoms. The molecule has 1 aromatic heterocycles. The SMILES string of the molecule is Cc1nn(-c2ccc(C(=O)N(C)CC(O)C3CC3)cc2)c(C)c1Cl. The average Bonchev–Trinajstić information content (AvgIpc) is 3.39. The van der Waals surface area contributed by atoms with Gasteiger partial charge in [-0.05, 0) is 56.9 Å². The van der Waals surface area contributed by atoms with Crippen LogP contribution in [0.25, 0.3) is 5.69 Å². The maximum atomic E-state index is 12.5. The van der Waals surface area contributed by atoms with Crippen LogP contribution < -0.4 is 0 Å². The third kappa shape index (κ3) is 3.32. The third-order valence-corrected chi connectivity index (χ3v) is 5.08. The standard InChI is InChI=1S/C18H22ClN3O2/c1-11-17(19)12(2)22(20-11)15-8-6-14(7-9-15)18(24)21(3)10-16(23)13-4-5-13/h6-9,13,16,23H,4-5,10H2,1-3H3. The number of benzene rings is 1. The van der Waals surface area contributed by atoms with E-state index >= 15 is 0 Å². The van der Waals surface area contributed by atoms with Crippen molar-refractivity contribution in [2.24, 2.45) is 5.92 Å². The summed E-state index contributed by atoms with van der Waals surface area (Å²) in [5, 5.41) is 15.1. The van der Waals surface area contributed by atoms with E-state index in [0.29, 0.717) is 23.0 Å². The fraction of sp³-hybridized carbons (Fsp3) is 0.444. The molecule has 1 N–H and O–H groups in total. The molecule has 1 saturated carbocycles. The number of aliphatic hydroxyl groups is 1. The van der Waals surface area contributed by atoms with Gasteiger partial charge in [0.1, 0.15) is 0 Å². The van der Waals surface area contributed by atoms with Crippen LogP contribution >= 0.6 is 11.6 Å². The van der Waals surface area contributed by atoms with Crippen molar-refractivity contribution in [3.8, 4) is 5.69 Å². The second kappa shape index (κ2) is 6.57. The Hall–Kier alpha value is -1.85. The molecule has 24 heavy (non-hydrogen) atoms. The van der Waals surface area contributed by atoms with Gasteiger partial charge in [-0.2, -0.15) is 5.10 Å². The normalized spacial score (nSPS) is 15.4. The van der Waals surface area contributed by atoms with E-state index < -0.39 is 6.10 Å². The largest absolute Gasteiger partial charge is 0.391 e. The Balaban J connectivity index is 1.73. The van der Waals surface area contributed by atoms with Crippen LogP contribution in [0.15, 0.2) is 24.3 Å². The monoisotopic (exact) mass is 347 g/mol. The van der Waals surface area contributed by atoms with Crippen molar-refractivity contribution >= 4 is 17.5 Å². The number of rotatable bonds is 5. The first kappa shape index (κ1) is 17.0. The molecule has 1 amide bonds. The lowest BCUT2D eigenvalue weighted by Gasteiger charge is -2.21. The van der Waals surface area contributed by atoms with Gasteiger partial charge in [0.25, 0.3) is 5.91 Å². The number of nitrogens with zero attached hydrogens (tertiary/aromatic N) is 3. The summed E-state index contributed by atoms with van der Waals surface area (Å²) in [7, 11) is 1.72. The first-order chi connectivity index (χ1) is 11.4. The van der Waals surface area contributed by atoms with Crippen molar-refractivity contribution in [3.63, 3.8) is 0 Å². The van der Waals surface area contributed by atoms with Gasteiger partial charge < -0.3 is 10.0 Å². The number of amides is 1. The van der Waals surface area contributed by atoms with Gasteiger partial charge in [0.15, 0.2) is 0 Å². The van der Waals surface area contributed by atoms with Gasteiger partial charge in [-0.1, -0.05) is 11.6 Å². The second-order valence-electron chi connectivity index (χ2n) is 6.53. The Labute approximate surface area is 146 Å². The number of aliphatic hydroxyl groups excluding tert-OH is 1. The van der Waals surface area contributed by atoms with Gasteiger partial charge in [0.2, 0.25) is 0 Å². The summed E-state index contributed by atoms with van der Waals surface area (Å²) in [5.41, 5.74) is 3.11. The fourth-order valence-corrected chi connectivity index (χ4v) is 2.95. The molecular weight excluding hydrogens is 326 g/mol. The summed E-state index contributed by atoms with van der Waals surface area (Å²) >= 11 is 6.18. The van der Waals surface area contributed by atoms with Gasteiger partial charge >= 0.3 is 0 Å². The minimum Gasteiger partial charge on any atom is -0.391 e. The minimum atomic E-state index is -0.421. The number of carbonyl (C=O) groups is 1. The molecule has 0 radical (unpaired) electrons. The average molecular weight is 348 g/mol. The number of hydrogen-bond donors (Lipinski definition) is 1. The van der Waals surface area contributed by atoms with Crippen LogP contribution in [0.5, 0.6) is 0 Å². The van der Waals surface area contributed by atoms with Gasteiger partial charge in [-0.3, -0.25) is 4.79 Å². The fourth-order valence-electron chi connectivity index (χ4n) is 2.83. The predicted octanol–water partition coefficient (Wildman–Crippen LogP) is 2.99. The summed E-state index contributed by atoms with van der Waals surface area (Å²) in [5.74, 6) is 0.269. The van der Waals surface area contributed by atoms with E-state index in [4.69, 9.17) is 11.6 Å². The quantitative estimate of drug-likeness (QED) is 0.904. The predicted molar refractivity (Wildman–Crippen MR) is 93.7 cm³/mol. The number of aromatic nitrogens is 2. The van der Waals surface area contributed by atoms with Crippen LogP contribution in [0.4, 0.5) is 0 Å². The highest BCUT2D eigenvalue weighted by Gasteiger charge is 2.31. The number of carbonyl (C=O) groups excluding carboxylic acids is 1. The van der Waals surface area contributed by atoms with Gasteiger partial charge in [0.05, 0.1) is 28.2 Å². The molecule has 1 fully saturated rings. The molecule has 0 bridgehead atoms. The summed E-state index contributed by atoms with van der Waals surface area (Å²) in [6, 6.07) is 7.27. The van der Waals surface area contributed by atoms with E-state index in [2.05, 4.69) is 5.10 Å². The number of hydrogen-bond acceptors (Lipinski definition) is 3. The summed E-state index contributed by atoms with van der Waals surface area (Å²) in [6.07, 6.45) is 1.70. The maximum absolute atomic E-state index is 12.5. The lowest BCUT2D eigenvalue weighted by molar-refractivity contribution is 0.0645. The Bertz CT molecular complexity index is 750. The smallest absolute Gasteiger partial charge is 0.253 e. The molecule has 1 aliphatic carbocycles. The summed E-state index contributed by atoms with van der Waals surface area (Å²) in [6.45, 7) is 4.15. The number of aryl methyl sites for hydroxylation is 1. The third-order valence-electron chi connectivity index (χ3n) is 4.54. The molecule has 0 spiro atoms. The van der Waals surface area contributed by atoms with Crippen molar-refractivity contribution < 1.29 is 9.90 Å². The van der Waals surface area contributed by atoms with E-state index in [1.807, 2.05) is 26.0 Å². The topological polar surface area (TPSA) is 58.4 Å². The zero-order chi connectivity index (χ0) is 17.4. The Kier molecular flexibility index (Phi) is 4.65. The van der Waals surface area contributed by atoms with Crippen molar-refractivity contribution in [3.05, 3.63) is 46.2 Å². The van der Waals surface area contributed by atoms with E-state index in [0.717, 1.165) is 29.9 Å². The van der Waals surface area contributed by atoms with Crippen LogP contribution in [-0.2, 0) is 0 Å². The zero-order valence-electron chi connectivity index (χ0n) is 14.2. The van der Waals surface area contributed by atoms with E-state index in [1.54, 1.807) is 28.8 Å². The second-order valence-corrected chi connectivity index (χ2v) is 6.91. The molecule has 3 rings (SSSR count). The van der Waals surface area contributed by atoms with E-state index in [1.165, 1.54) is 0 Å². The molecule has 1 heterocycles. The van der Waals surface area contributed by atoms with Crippen LogP contribution in [0.2, 0.25) is 5.02 Å². The van der Waals surface area contributed by atoms with Crippen LogP contribution in [0.1, 0.15) is 34.6 Å². The Morgan fingerprint density at radius 3 is 2.50 bits per heavy atom. The van der Waals surface area contributed by atoms with Crippen LogP contribution in [0.3, 0.4) is 0 Å². The van der Waals surface area contributed by atoms with Crippen LogP contribution in [0, 0.1) is 19.8 Å². The zero-order valence-corrected chi connectivity index (χ0v) is 14.9. The lowest BCUT2D eigenvalue weighted by Crippen LogP contribution is -2.35. The minimum absolute atomic E-state index is 0.0901. The van der Waals surface area contributed by atoms with Crippen molar-refractivity contribution in [2.75, 3.05) is 13.6 Å². The number of halogens is 1. The molecule has 1 atom stereocenters. The Morgan fingerprint density at radius 1 is 1.38 bits per heavy atom. The van der Waals surface area contributed by atoms with Gasteiger partial charge in [-0.25, -0.2) is 4.68 Å². The molecule has 1 aliphatic rings. The van der Waals surface area contributed by atoms with Crippen LogP contribution in [-0.4, -0.2) is 45.4 Å². The van der Waals surface area contributed by atoms with Crippen molar-refractivity contribution in [1.82, 2.24) is 14.7 Å². The maximum Gasteiger partial charge on any atom is 0.253 e. The Morgan fingerprint density at radius 2 is 2.00 bits per heavy atom. The molecular formula is C18H22ClN3O2. The molecule has 0 aliphatic heterocycles. The number of likely N-dealkylation sites (N-methyl/N-ethyl adjacent to an activating group) is 1. The van der Waals surface area contributed by atoms with Gasteiger partial charge in [0, 0.05) is 19.2 Å². The molecule has 5 nitrogen and oxygen atoms in total. The van der Waals surface area contributed by atoms with Crippen molar-refractivity contribution in [2.45, 2.75) is 32.8 Å². The van der Waals surface area contributed by atoms with Crippen molar-refractivity contribution in [1.29, 1.82) is 0 Å². The molecule has 128 valence electrons. The summed E-state index contributed by atoms with van der Waals surface area (Å²) in [4.78, 5) is 14.0. The van der Waals surface area contributed by atoms with Gasteiger partial charge in [-0.15, -0.1) is 0 Å². The highest BCUT2D eigenvalue weighted by atomic mass is 35.5. The molecule has 1 aromatic carbocycles. The first-order valence-corrected chi connectivity index (χ1v) is 8.52. The first-order valence-electron chi connectivity index (χ1n) is 8.14. The molecule has 0 saturated heterocycles. The lowest BCUT2D eigenvalue weighted by atomic mass is 10.1. The summed E-state index contributed by atoms with van der Waals surface area (Å²) < 4.78 is 1.77. The highest BCUT2D eigenvalue weighted by molar-refractivity contribution is 6.31.